The number of nitriles is 1. The normalized spacial score (nSPS) is 9.89. The number of rotatable bonds is 6. The fourth-order valence-electron chi connectivity index (χ4n) is 2.30. The van der Waals surface area contributed by atoms with Crippen LogP contribution in [0.5, 0.6) is 5.75 Å². The number of ether oxygens (including phenoxy) is 1. The lowest BCUT2D eigenvalue weighted by molar-refractivity contribution is -0.118. The number of anilines is 2. The predicted octanol–water partition coefficient (Wildman–Crippen LogP) is 3.89. The molecule has 7 heteroatoms. The minimum atomic E-state index is -0.371. The third kappa shape index (κ3) is 4.93. The molecule has 0 saturated carbocycles. The molecule has 0 aliphatic carbocycles. The number of thiophene rings is 1. The van der Waals surface area contributed by atoms with Crippen LogP contribution in [0.4, 0.5) is 11.4 Å². The number of carbonyl (C=O) groups is 2. The van der Waals surface area contributed by atoms with Gasteiger partial charge in [0.05, 0.1) is 10.4 Å². The van der Waals surface area contributed by atoms with Crippen molar-refractivity contribution >= 4 is 34.5 Å². The van der Waals surface area contributed by atoms with Gasteiger partial charge in [-0.2, -0.15) is 5.26 Å². The summed E-state index contributed by atoms with van der Waals surface area (Å²) in [5, 5.41) is 16.3. The van der Waals surface area contributed by atoms with Gasteiger partial charge in [0.25, 0.3) is 11.8 Å². The second-order valence-corrected chi connectivity index (χ2v) is 6.40. The number of benzene rings is 2. The Kier molecular flexibility index (Phi) is 5.82. The van der Waals surface area contributed by atoms with Crippen molar-refractivity contribution in [2.24, 2.45) is 0 Å². The molecule has 0 aliphatic heterocycles. The largest absolute Gasteiger partial charge is 0.482 e. The van der Waals surface area contributed by atoms with Gasteiger partial charge in [-0.3, -0.25) is 9.59 Å². The lowest BCUT2D eigenvalue weighted by Gasteiger charge is -2.10. The lowest BCUT2D eigenvalue weighted by Crippen LogP contribution is -2.20. The zero-order chi connectivity index (χ0) is 19.1. The van der Waals surface area contributed by atoms with Crippen LogP contribution >= 0.6 is 11.3 Å². The number of para-hydroxylation sites is 1. The summed E-state index contributed by atoms with van der Waals surface area (Å²) in [6, 6.07) is 19.1. The molecular formula is C20H15N3O3S. The molecule has 0 atom stereocenters. The molecule has 2 N–H and O–H groups in total. The first-order valence-electron chi connectivity index (χ1n) is 8.02. The summed E-state index contributed by atoms with van der Waals surface area (Å²) in [6.07, 6.45) is 0. The van der Waals surface area contributed by atoms with E-state index in [1.165, 1.54) is 11.3 Å². The van der Waals surface area contributed by atoms with Gasteiger partial charge in [0, 0.05) is 11.4 Å². The third-order valence-electron chi connectivity index (χ3n) is 3.52. The van der Waals surface area contributed by atoms with Gasteiger partial charge in [0.1, 0.15) is 11.8 Å². The quantitative estimate of drug-likeness (QED) is 0.682. The molecule has 3 rings (SSSR count). The highest BCUT2D eigenvalue weighted by atomic mass is 32.1. The summed E-state index contributed by atoms with van der Waals surface area (Å²) in [6.45, 7) is -0.232. The molecule has 0 saturated heterocycles. The van der Waals surface area contributed by atoms with Crippen LogP contribution in [0.25, 0.3) is 0 Å². The zero-order valence-electron chi connectivity index (χ0n) is 14.1. The van der Waals surface area contributed by atoms with Crippen molar-refractivity contribution in [2.45, 2.75) is 0 Å². The van der Waals surface area contributed by atoms with Crippen LogP contribution in [0.3, 0.4) is 0 Å². The summed E-state index contributed by atoms with van der Waals surface area (Å²) in [7, 11) is 0. The summed E-state index contributed by atoms with van der Waals surface area (Å²) < 4.78 is 5.40. The van der Waals surface area contributed by atoms with E-state index in [-0.39, 0.29) is 18.4 Å². The summed E-state index contributed by atoms with van der Waals surface area (Å²) >= 11 is 1.35. The molecule has 2 aromatic carbocycles. The lowest BCUT2D eigenvalue weighted by atomic mass is 10.2. The minimum absolute atomic E-state index is 0.204. The second kappa shape index (κ2) is 8.65. The van der Waals surface area contributed by atoms with Gasteiger partial charge < -0.3 is 15.4 Å². The topological polar surface area (TPSA) is 91.2 Å². The zero-order valence-corrected chi connectivity index (χ0v) is 15.0. The number of carbonyl (C=O) groups excluding carboxylic acids is 2. The summed E-state index contributed by atoms with van der Waals surface area (Å²) in [5.74, 6) is -0.221. The van der Waals surface area contributed by atoms with Crippen LogP contribution in [0.15, 0.2) is 66.0 Å². The Hall–Kier alpha value is -3.63. The van der Waals surface area contributed by atoms with Crippen molar-refractivity contribution in [3.05, 3.63) is 76.5 Å². The molecule has 27 heavy (non-hydrogen) atoms. The van der Waals surface area contributed by atoms with Crippen molar-refractivity contribution in [1.29, 1.82) is 5.26 Å². The number of hydrogen-bond acceptors (Lipinski definition) is 5. The van der Waals surface area contributed by atoms with E-state index in [1.54, 1.807) is 60.7 Å². The molecule has 0 radical (unpaired) electrons. The monoisotopic (exact) mass is 377 g/mol. The Bertz CT molecular complexity index is 994. The maximum Gasteiger partial charge on any atom is 0.265 e. The van der Waals surface area contributed by atoms with Crippen LogP contribution in [0.2, 0.25) is 0 Å². The molecule has 1 heterocycles. The van der Waals surface area contributed by atoms with Crippen LogP contribution in [0.1, 0.15) is 15.2 Å². The van der Waals surface area contributed by atoms with Crippen LogP contribution in [-0.4, -0.2) is 18.4 Å². The fourth-order valence-corrected chi connectivity index (χ4v) is 2.92. The maximum atomic E-state index is 12.1. The van der Waals surface area contributed by atoms with E-state index in [9.17, 15) is 9.59 Å². The van der Waals surface area contributed by atoms with E-state index in [2.05, 4.69) is 10.6 Å². The van der Waals surface area contributed by atoms with Gasteiger partial charge in [-0.05, 0) is 41.8 Å². The van der Waals surface area contributed by atoms with E-state index in [1.807, 2.05) is 11.4 Å². The first-order valence-corrected chi connectivity index (χ1v) is 8.90. The van der Waals surface area contributed by atoms with Gasteiger partial charge in [-0.1, -0.05) is 24.3 Å². The molecule has 0 unspecified atom stereocenters. The summed E-state index contributed by atoms with van der Waals surface area (Å²) in [5.41, 5.74) is 1.46. The van der Waals surface area contributed by atoms with Gasteiger partial charge in [-0.25, -0.2) is 0 Å². The Morgan fingerprint density at radius 3 is 2.52 bits per heavy atom. The fraction of sp³-hybridized carbons (Fsp3) is 0.0500. The van der Waals surface area contributed by atoms with Crippen molar-refractivity contribution in [1.82, 2.24) is 0 Å². The molecular weight excluding hydrogens is 362 g/mol. The highest BCUT2D eigenvalue weighted by Crippen LogP contribution is 2.19. The standard InChI is InChI=1S/C20H15N3O3S/c21-12-14-5-1-2-8-17(14)26-13-19(24)22-15-6-3-7-16(11-15)23-20(25)18-9-4-10-27-18/h1-11H,13H2,(H,22,24)(H,23,25). The molecule has 3 aromatic rings. The van der Waals surface area contributed by atoms with E-state index >= 15 is 0 Å². The van der Waals surface area contributed by atoms with Gasteiger partial charge in [-0.15, -0.1) is 11.3 Å². The van der Waals surface area contributed by atoms with E-state index in [0.717, 1.165) is 0 Å². The van der Waals surface area contributed by atoms with Crippen molar-refractivity contribution in [3.8, 4) is 11.8 Å². The SMILES string of the molecule is N#Cc1ccccc1OCC(=O)Nc1cccc(NC(=O)c2cccs2)c1. The molecule has 1 aromatic heterocycles. The first-order chi connectivity index (χ1) is 13.2. The second-order valence-electron chi connectivity index (χ2n) is 5.46. The Balaban J connectivity index is 1.58. The van der Waals surface area contributed by atoms with E-state index < -0.39 is 0 Å². The molecule has 0 aliphatic rings. The molecule has 6 nitrogen and oxygen atoms in total. The number of hydrogen-bond donors (Lipinski definition) is 2. The molecule has 0 bridgehead atoms. The van der Waals surface area contributed by atoms with Crippen molar-refractivity contribution in [3.63, 3.8) is 0 Å². The average molecular weight is 377 g/mol. The smallest absolute Gasteiger partial charge is 0.265 e. The first kappa shape index (κ1) is 18.2. The summed E-state index contributed by atoms with van der Waals surface area (Å²) in [4.78, 5) is 24.8. The third-order valence-corrected chi connectivity index (χ3v) is 4.38. The highest BCUT2D eigenvalue weighted by molar-refractivity contribution is 7.12. The Morgan fingerprint density at radius 1 is 1.00 bits per heavy atom. The van der Waals surface area contributed by atoms with Crippen LogP contribution < -0.4 is 15.4 Å². The Labute approximate surface area is 160 Å². The van der Waals surface area contributed by atoms with Crippen LogP contribution in [0, 0.1) is 11.3 Å². The van der Waals surface area contributed by atoms with Gasteiger partial charge >= 0.3 is 0 Å². The number of nitrogens with zero attached hydrogens (tertiary/aromatic N) is 1. The average Bonchev–Trinajstić information content (AvgIpc) is 3.22. The predicted molar refractivity (Wildman–Crippen MR) is 104 cm³/mol. The number of nitrogens with one attached hydrogen (secondary N) is 2. The minimum Gasteiger partial charge on any atom is -0.482 e. The highest BCUT2D eigenvalue weighted by Gasteiger charge is 2.09. The van der Waals surface area contributed by atoms with E-state index in [4.69, 9.17) is 10.00 Å². The molecule has 0 fully saturated rings. The maximum absolute atomic E-state index is 12.1. The molecule has 2 amide bonds. The Morgan fingerprint density at radius 2 is 1.78 bits per heavy atom. The van der Waals surface area contributed by atoms with Crippen molar-refractivity contribution in [2.75, 3.05) is 17.2 Å². The van der Waals surface area contributed by atoms with Crippen LogP contribution in [-0.2, 0) is 4.79 Å². The van der Waals surface area contributed by atoms with Gasteiger partial charge in [0.2, 0.25) is 0 Å². The van der Waals surface area contributed by atoms with Gasteiger partial charge in [0.15, 0.2) is 6.61 Å². The van der Waals surface area contributed by atoms with Crippen molar-refractivity contribution < 1.29 is 14.3 Å². The molecule has 134 valence electrons. The number of amides is 2. The molecule has 0 spiro atoms. The van der Waals surface area contributed by atoms with E-state index in [0.29, 0.717) is 27.6 Å².